The smallest absolute Gasteiger partial charge is 0.128 e. The SMILES string of the molecule is CN1CCC[C@H](Cc2cccc(N3CCC(O)CC3)n2)CC1. The average molecular weight is 303 g/mol. The number of aliphatic hydroxyl groups excluding tert-OH is 1. The highest BCUT2D eigenvalue weighted by Crippen LogP contribution is 2.23. The van der Waals surface area contributed by atoms with E-state index in [-0.39, 0.29) is 6.10 Å². The molecule has 2 aliphatic rings. The fourth-order valence-corrected chi connectivity index (χ4v) is 3.66. The normalized spacial score (nSPS) is 25.2. The number of likely N-dealkylation sites (tertiary alicyclic amines) is 1. The average Bonchev–Trinajstić information content (AvgIpc) is 2.73. The number of hydrogen-bond acceptors (Lipinski definition) is 4. The molecule has 22 heavy (non-hydrogen) atoms. The number of aromatic nitrogens is 1. The van der Waals surface area contributed by atoms with E-state index in [0.717, 1.165) is 44.1 Å². The summed E-state index contributed by atoms with van der Waals surface area (Å²) in [6.07, 6.45) is 6.64. The van der Waals surface area contributed by atoms with Crippen LogP contribution in [0.5, 0.6) is 0 Å². The summed E-state index contributed by atoms with van der Waals surface area (Å²) in [6.45, 7) is 4.30. The summed E-state index contributed by atoms with van der Waals surface area (Å²) < 4.78 is 0. The van der Waals surface area contributed by atoms with Crippen molar-refractivity contribution < 1.29 is 5.11 Å². The van der Waals surface area contributed by atoms with Gasteiger partial charge in [0, 0.05) is 18.8 Å². The first kappa shape index (κ1) is 15.8. The van der Waals surface area contributed by atoms with Crippen LogP contribution in [0.4, 0.5) is 5.82 Å². The standard InChI is InChI=1S/C18H29N3O/c1-20-10-3-4-15(7-11-20)14-16-5-2-6-18(19-16)21-12-8-17(22)9-13-21/h2,5-6,15,17,22H,3-4,7-14H2,1H3/t15-/m0/s1. The highest BCUT2D eigenvalue weighted by atomic mass is 16.3. The van der Waals surface area contributed by atoms with Gasteiger partial charge in [0.2, 0.25) is 0 Å². The maximum absolute atomic E-state index is 9.64. The molecular formula is C18H29N3O. The van der Waals surface area contributed by atoms with Gasteiger partial charge in [-0.1, -0.05) is 6.07 Å². The predicted molar refractivity (Wildman–Crippen MR) is 90.2 cm³/mol. The second-order valence-corrected chi connectivity index (χ2v) is 7.01. The van der Waals surface area contributed by atoms with E-state index in [1.54, 1.807) is 0 Å². The maximum atomic E-state index is 9.64. The van der Waals surface area contributed by atoms with Crippen LogP contribution in [0.2, 0.25) is 0 Å². The second-order valence-electron chi connectivity index (χ2n) is 7.01. The molecule has 1 N–H and O–H groups in total. The van der Waals surface area contributed by atoms with Crippen LogP contribution in [-0.2, 0) is 6.42 Å². The number of piperidine rings is 1. The molecule has 2 fully saturated rings. The van der Waals surface area contributed by atoms with Crippen LogP contribution in [0.3, 0.4) is 0 Å². The molecule has 0 aromatic carbocycles. The summed E-state index contributed by atoms with van der Waals surface area (Å²) in [7, 11) is 2.23. The molecule has 2 aliphatic heterocycles. The van der Waals surface area contributed by atoms with E-state index in [4.69, 9.17) is 4.98 Å². The van der Waals surface area contributed by atoms with Gasteiger partial charge in [0.1, 0.15) is 5.82 Å². The van der Waals surface area contributed by atoms with Crippen LogP contribution in [-0.4, -0.2) is 54.3 Å². The first-order valence-electron chi connectivity index (χ1n) is 8.78. The largest absolute Gasteiger partial charge is 0.393 e. The Hall–Kier alpha value is -1.13. The molecule has 2 saturated heterocycles. The summed E-state index contributed by atoms with van der Waals surface area (Å²) in [5.74, 6) is 1.87. The topological polar surface area (TPSA) is 39.6 Å². The molecule has 4 nitrogen and oxygen atoms in total. The molecule has 0 amide bonds. The quantitative estimate of drug-likeness (QED) is 0.930. The molecule has 0 radical (unpaired) electrons. The Balaban J connectivity index is 1.61. The fourth-order valence-electron chi connectivity index (χ4n) is 3.66. The van der Waals surface area contributed by atoms with Gasteiger partial charge in [0.15, 0.2) is 0 Å². The zero-order valence-corrected chi connectivity index (χ0v) is 13.7. The molecule has 1 atom stereocenters. The van der Waals surface area contributed by atoms with Crippen LogP contribution >= 0.6 is 0 Å². The van der Waals surface area contributed by atoms with E-state index < -0.39 is 0 Å². The van der Waals surface area contributed by atoms with Gasteiger partial charge in [0.05, 0.1) is 6.10 Å². The summed E-state index contributed by atoms with van der Waals surface area (Å²) >= 11 is 0. The minimum atomic E-state index is -0.123. The Bertz CT molecular complexity index is 471. The van der Waals surface area contributed by atoms with E-state index in [1.807, 2.05) is 0 Å². The van der Waals surface area contributed by atoms with Crippen LogP contribution in [0.25, 0.3) is 0 Å². The van der Waals surface area contributed by atoms with Gasteiger partial charge >= 0.3 is 0 Å². The zero-order valence-electron chi connectivity index (χ0n) is 13.7. The zero-order chi connectivity index (χ0) is 15.4. The molecule has 122 valence electrons. The van der Waals surface area contributed by atoms with Gasteiger partial charge in [-0.2, -0.15) is 0 Å². The van der Waals surface area contributed by atoms with Crippen molar-refractivity contribution in [2.75, 3.05) is 38.1 Å². The Morgan fingerprint density at radius 1 is 1.09 bits per heavy atom. The first-order valence-corrected chi connectivity index (χ1v) is 8.78. The van der Waals surface area contributed by atoms with Crippen molar-refractivity contribution in [3.05, 3.63) is 23.9 Å². The van der Waals surface area contributed by atoms with Gasteiger partial charge in [-0.15, -0.1) is 0 Å². The predicted octanol–water partition coefficient (Wildman–Crippen LogP) is 2.32. The van der Waals surface area contributed by atoms with Gasteiger partial charge in [0.25, 0.3) is 0 Å². The van der Waals surface area contributed by atoms with Crippen molar-refractivity contribution in [1.29, 1.82) is 0 Å². The molecule has 1 aromatic heterocycles. The molecule has 3 rings (SSSR count). The lowest BCUT2D eigenvalue weighted by Crippen LogP contribution is -2.36. The molecule has 0 unspecified atom stereocenters. The molecule has 0 spiro atoms. The Morgan fingerprint density at radius 3 is 2.73 bits per heavy atom. The van der Waals surface area contributed by atoms with E-state index >= 15 is 0 Å². The van der Waals surface area contributed by atoms with Gasteiger partial charge in [-0.25, -0.2) is 4.98 Å². The third-order valence-corrected chi connectivity index (χ3v) is 5.15. The van der Waals surface area contributed by atoms with Crippen LogP contribution in [0.1, 0.15) is 37.8 Å². The molecule has 0 bridgehead atoms. The number of aliphatic hydroxyl groups is 1. The Kier molecular flexibility index (Phi) is 5.32. The number of rotatable bonds is 3. The molecular weight excluding hydrogens is 274 g/mol. The van der Waals surface area contributed by atoms with Crippen molar-refractivity contribution in [2.45, 2.75) is 44.6 Å². The lowest BCUT2D eigenvalue weighted by Gasteiger charge is -2.30. The third kappa shape index (κ3) is 4.20. The van der Waals surface area contributed by atoms with Crippen molar-refractivity contribution in [1.82, 2.24) is 9.88 Å². The highest BCUT2D eigenvalue weighted by Gasteiger charge is 2.19. The Labute approximate surface area is 134 Å². The van der Waals surface area contributed by atoms with Gasteiger partial charge in [-0.05, 0) is 76.7 Å². The molecule has 0 saturated carbocycles. The molecule has 4 heteroatoms. The third-order valence-electron chi connectivity index (χ3n) is 5.15. The summed E-state index contributed by atoms with van der Waals surface area (Å²) in [6, 6.07) is 6.44. The van der Waals surface area contributed by atoms with Gasteiger partial charge in [-0.3, -0.25) is 0 Å². The van der Waals surface area contributed by atoms with E-state index in [1.165, 1.54) is 38.0 Å². The van der Waals surface area contributed by atoms with Crippen LogP contribution in [0.15, 0.2) is 18.2 Å². The highest BCUT2D eigenvalue weighted by molar-refractivity contribution is 5.39. The summed E-state index contributed by atoms with van der Waals surface area (Å²) in [5, 5.41) is 9.64. The lowest BCUT2D eigenvalue weighted by atomic mass is 9.95. The van der Waals surface area contributed by atoms with E-state index in [9.17, 15) is 5.11 Å². The number of anilines is 1. The first-order chi connectivity index (χ1) is 10.7. The summed E-state index contributed by atoms with van der Waals surface area (Å²) in [4.78, 5) is 9.66. The van der Waals surface area contributed by atoms with E-state index in [0.29, 0.717) is 0 Å². The van der Waals surface area contributed by atoms with Crippen molar-refractivity contribution in [2.24, 2.45) is 5.92 Å². The molecule has 3 heterocycles. The molecule has 0 aliphatic carbocycles. The van der Waals surface area contributed by atoms with Crippen molar-refractivity contribution in [3.8, 4) is 0 Å². The number of hydrogen-bond donors (Lipinski definition) is 1. The lowest BCUT2D eigenvalue weighted by molar-refractivity contribution is 0.145. The molecule has 1 aromatic rings. The van der Waals surface area contributed by atoms with Crippen molar-refractivity contribution in [3.63, 3.8) is 0 Å². The maximum Gasteiger partial charge on any atom is 0.128 e. The fraction of sp³-hybridized carbons (Fsp3) is 0.722. The number of nitrogens with zero attached hydrogens (tertiary/aromatic N) is 3. The van der Waals surface area contributed by atoms with Crippen LogP contribution < -0.4 is 4.90 Å². The summed E-state index contributed by atoms with van der Waals surface area (Å²) in [5.41, 5.74) is 1.23. The van der Waals surface area contributed by atoms with E-state index in [2.05, 4.69) is 35.0 Å². The van der Waals surface area contributed by atoms with Crippen LogP contribution in [0, 0.1) is 5.92 Å². The number of pyridine rings is 1. The second kappa shape index (κ2) is 7.42. The van der Waals surface area contributed by atoms with Gasteiger partial charge < -0.3 is 14.9 Å². The van der Waals surface area contributed by atoms with Crippen molar-refractivity contribution >= 4 is 5.82 Å². The minimum absolute atomic E-state index is 0.123. The monoisotopic (exact) mass is 303 g/mol. The Morgan fingerprint density at radius 2 is 1.91 bits per heavy atom. The minimum Gasteiger partial charge on any atom is -0.393 e.